The predicted octanol–water partition coefficient (Wildman–Crippen LogP) is 0.00580. The number of hydrogen-bond acceptors (Lipinski definition) is 8. The molecule has 0 aromatic heterocycles. The molecule has 3 saturated heterocycles. The summed E-state index contributed by atoms with van der Waals surface area (Å²) in [5.74, 6) is -1.38. The second-order valence-corrected chi connectivity index (χ2v) is 8.87. The molecule has 7 unspecified atom stereocenters. The van der Waals surface area contributed by atoms with E-state index in [-0.39, 0.29) is 23.0 Å². The van der Waals surface area contributed by atoms with Crippen LogP contribution in [0.4, 0.5) is 0 Å². The fourth-order valence-electron chi connectivity index (χ4n) is 2.91. The van der Waals surface area contributed by atoms with Crippen molar-refractivity contribution in [3.8, 4) is 0 Å². The van der Waals surface area contributed by atoms with Gasteiger partial charge in [0.25, 0.3) is 0 Å². The molecule has 2 bridgehead atoms. The number of esters is 2. The lowest BCUT2D eigenvalue weighted by Crippen LogP contribution is -2.43. The smallest absolute Gasteiger partial charge is 0.347 e. The van der Waals surface area contributed by atoms with Gasteiger partial charge in [-0.15, -0.1) is 0 Å². The monoisotopic (exact) mass is 348 g/mol. The van der Waals surface area contributed by atoms with Crippen LogP contribution in [0, 0.1) is 0 Å². The SMILES string of the molecule is C=C(C)C(=O)OC(C)C(=O)OC1C2CC3C(O2)C1OS3(=O)=S. The molecule has 3 aliphatic rings. The van der Waals surface area contributed by atoms with Gasteiger partial charge in [0.15, 0.2) is 12.2 Å². The summed E-state index contributed by atoms with van der Waals surface area (Å²) in [7, 11) is -2.83. The number of ether oxygens (including phenoxy) is 3. The van der Waals surface area contributed by atoms with Gasteiger partial charge in [-0.2, -0.15) is 0 Å². The minimum Gasteiger partial charge on any atom is -0.454 e. The molecule has 0 radical (unpaired) electrons. The summed E-state index contributed by atoms with van der Waals surface area (Å²) in [6.45, 7) is 6.33. The largest absolute Gasteiger partial charge is 0.454 e. The fourth-order valence-corrected chi connectivity index (χ4v) is 5.39. The average Bonchev–Trinajstić information content (AvgIpc) is 3.02. The first-order chi connectivity index (χ1) is 10.2. The minimum absolute atomic E-state index is 0.190. The Hall–Kier alpha value is -1.03. The Kier molecular flexibility index (Phi) is 3.79. The van der Waals surface area contributed by atoms with E-state index in [2.05, 4.69) is 6.58 Å². The van der Waals surface area contributed by atoms with Gasteiger partial charge in [-0.25, -0.2) is 13.8 Å². The highest BCUT2D eigenvalue weighted by Crippen LogP contribution is 2.48. The first-order valence-electron chi connectivity index (χ1n) is 6.85. The van der Waals surface area contributed by atoms with Crippen LogP contribution in [0.15, 0.2) is 12.2 Å². The second kappa shape index (κ2) is 5.26. The van der Waals surface area contributed by atoms with Crippen LogP contribution in [-0.4, -0.2) is 51.9 Å². The van der Waals surface area contributed by atoms with Crippen LogP contribution in [0.2, 0.25) is 0 Å². The lowest BCUT2D eigenvalue weighted by atomic mass is 9.94. The molecule has 0 aromatic rings. The van der Waals surface area contributed by atoms with Gasteiger partial charge in [-0.1, -0.05) is 6.58 Å². The number of rotatable bonds is 4. The van der Waals surface area contributed by atoms with Crippen molar-refractivity contribution in [1.29, 1.82) is 0 Å². The van der Waals surface area contributed by atoms with E-state index in [1.165, 1.54) is 13.8 Å². The second-order valence-electron chi connectivity index (χ2n) is 5.70. The van der Waals surface area contributed by atoms with Crippen molar-refractivity contribution >= 4 is 31.9 Å². The Balaban J connectivity index is 1.64. The first kappa shape index (κ1) is 15.9. The van der Waals surface area contributed by atoms with Gasteiger partial charge in [0.05, 0.1) is 11.4 Å². The van der Waals surface area contributed by atoms with Gasteiger partial charge in [0.1, 0.15) is 21.0 Å². The zero-order valence-corrected chi connectivity index (χ0v) is 13.7. The molecular weight excluding hydrogens is 332 g/mol. The van der Waals surface area contributed by atoms with Crippen molar-refractivity contribution in [1.82, 2.24) is 0 Å². The Bertz CT molecular complexity index is 641. The van der Waals surface area contributed by atoms with E-state index in [0.29, 0.717) is 6.42 Å². The molecule has 0 N–H and O–H groups in total. The third-order valence-electron chi connectivity index (χ3n) is 4.01. The molecule has 0 aromatic carbocycles. The standard InChI is InChI=1S/C13H16O7S2/c1-5(2)12(14)17-6(3)13(15)19-9-7-4-8-10(18-7)11(9)20-22(8,16)21/h6-11H,1,4H2,2-3H3. The maximum Gasteiger partial charge on any atom is 0.347 e. The molecule has 0 amide bonds. The van der Waals surface area contributed by atoms with Crippen LogP contribution in [0.1, 0.15) is 20.3 Å². The molecule has 3 aliphatic heterocycles. The molecule has 3 fully saturated rings. The zero-order chi connectivity index (χ0) is 16.2. The number of fused-ring (bicyclic) bond motifs is 1. The molecule has 7 nitrogen and oxygen atoms in total. The first-order valence-corrected chi connectivity index (χ1v) is 9.32. The summed E-state index contributed by atoms with van der Waals surface area (Å²) in [5, 5.41) is -0.314. The molecule has 22 heavy (non-hydrogen) atoms. The Morgan fingerprint density at radius 2 is 2.09 bits per heavy atom. The summed E-state index contributed by atoms with van der Waals surface area (Å²) in [6.07, 6.45) is -2.68. The lowest BCUT2D eigenvalue weighted by Gasteiger charge is -2.23. The van der Waals surface area contributed by atoms with Crippen molar-refractivity contribution in [2.45, 2.75) is 56.0 Å². The summed E-state index contributed by atoms with van der Waals surface area (Å²) in [5.41, 5.74) is 0.190. The Labute approximate surface area is 132 Å². The van der Waals surface area contributed by atoms with Crippen molar-refractivity contribution in [2.75, 3.05) is 0 Å². The molecular formula is C13H16O7S2. The van der Waals surface area contributed by atoms with Crippen LogP contribution in [0.3, 0.4) is 0 Å². The van der Waals surface area contributed by atoms with Crippen molar-refractivity contribution in [3.63, 3.8) is 0 Å². The van der Waals surface area contributed by atoms with E-state index in [4.69, 9.17) is 29.6 Å². The maximum atomic E-state index is 12.1. The highest BCUT2D eigenvalue weighted by molar-refractivity contribution is 8.30. The maximum absolute atomic E-state index is 12.1. The average molecular weight is 348 g/mol. The summed E-state index contributed by atoms with van der Waals surface area (Å²) in [6, 6.07) is 0. The highest BCUT2D eigenvalue weighted by atomic mass is 32.8. The zero-order valence-electron chi connectivity index (χ0n) is 12.1. The molecule has 3 heterocycles. The quantitative estimate of drug-likeness (QED) is 0.518. The lowest BCUT2D eigenvalue weighted by molar-refractivity contribution is -0.172. The Morgan fingerprint density at radius 3 is 2.73 bits per heavy atom. The number of carbonyl (C=O) groups is 2. The van der Waals surface area contributed by atoms with Gasteiger partial charge in [-0.05, 0) is 20.3 Å². The van der Waals surface area contributed by atoms with E-state index in [1.807, 2.05) is 0 Å². The van der Waals surface area contributed by atoms with Crippen molar-refractivity contribution < 1.29 is 32.2 Å². The Morgan fingerprint density at radius 1 is 1.41 bits per heavy atom. The topological polar surface area (TPSA) is 88.1 Å². The van der Waals surface area contributed by atoms with E-state index in [0.717, 1.165) is 0 Å². The van der Waals surface area contributed by atoms with Gasteiger partial charge >= 0.3 is 11.9 Å². The van der Waals surface area contributed by atoms with Crippen LogP contribution in [0.5, 0.6) is 0 Å². The number of carbonyl (C=O) groups excluding carboxylic acids is 2. The van der Waals surface area contributed by atoms with Crippen LogP contribution < -0.4 is 0 Å². The van der Waals surface area contributed by atoms with Gasteiger partial charge < -0.3 is 14.2 Å². The normalized spacial score (nSPS) is 42.9. The fraction of sp³-hybridized carbons (Fsp3) is 0.692. The van der Waals surface area contributed by atoms with Crippen molar-refractivity contribution in [2.24, 2.45) is 0 Å². The summed E-state index contributed by atoms with van der Waals surface area (Å²) < 4.78 is 33.4. The van der Waals surface area contributed by atoms with Gasteiger partial charge in [0, 0.05) is 16.8 Å². The van der Waals surface area contributed by atoms with Crippen LogP contribution in [0.25, 0.3) is 0 Å². The van der Waals surface area contributed by atoms with E-state index in [9.17, 15) is 13.8 Å². The predicted molar refractivity (Wildman–Crippen MR) is 77.7 cm³/mol. The molecule has 122 valence electrons. The van der Waals surface area contributed by atoms with Gasteiger partial charge in [0.2, 0.25) is 0 Å². The summed E-state index contributed by atoms with van der Waals surface area (Å²) in [4.78, 5) is 23.4. The van der Waals surface area contributed by atoms with Crippen LogP contribution >= 0.6 is 0 Å². The molecule has 3 rings (SSSR count). The third-order valence-corrected chi connectivity index (χ3v) is 6.68. The van der Waals surface area contributed by atoms with E-state index >= 15 is 0 Å². The van der Waals surface area contributed by atoms with E-state index in [1.54, 1.807) is 0 Å². The third kappa shape index (κ3) is 2.45. The molecule has 7 atom stereocenters. The van der Waals surface area contributed by atoms with Crippen LogP contribution in [-0.2, 0) is 47.9 Å². The molecule has 0 aliphatic carbocycles. The van der Waals surface area contributed by atoms with E-state index < -0.39 is 39.0 Å². The highest BCUT2D eigenvalue weighted by Gasteiger charge is 2.65. The summed E-state index contributed by atoms with van der Waals surface area (Å²) >= 11 is 4.96. The minimum atomic E-state index is -2.83. The molecule has 9 heteroatoms. The van der Waals surface area contributed by atoms with Gasteiger partial charge in [-0.3, -0.25) is 4.18 Å². The number of hydrogen-bond donors (Lipinski definition) is 0. The van der Waals surface area contributed by atoms with Crippen molar-refractivity contribution in [3.05, 3.63) is 12.2 Å². The molecule has 0 spiro atoms. The molecule has 0 saturated carbocycles.